The Morgan fingerprint density at radius 3 is 2.78 bits per heavy atom. The fourth-order valence-electron chi connectivity index (χ4n) is 2.60. The number of nitrogens with zero attached hydrogens (tertiary/aromatic N) is 4. The first-order valence-electron chi connectivity index (χ1n) is 8.78. The maximum absolute atomic E-state index is 12.3. The molecule has 2 heterocycles. The van der Waals surface area contributed by atoms with Crippen molar-refractivity contribution in [2.24, 2.45) is 5.92 Å². The number of hydrogen-bond donors (Lipinski definition) is 2. The Hall–Kier alpha value is -3.29. The Kier molecular flexibility index (Phi) is 5.44. The molecule has 0 bridgehead atoms. The molecule has 0 aliphatic heterocycles. The molecule has 3 aromatic rings. The van der Waals surface area contributed by atoms with Crippen LogP contribution in [-0.2, 0) is 4.79 Å². The molecule has 0 radical (unpaired) electrons. The summed E-state index contributed by atoms with van der Waals surface area (Å²) in [5, 5.41) is 14.4. The van der Waals surface area contributed by atoms with Gasteiger partial charge in [0.05, 0.1) is 23.4 Å². The normalized spacial score (nSPS) is 11.0. The van der Waals surface area contributed by atoms with Crippen molar-refractivity contribution in [1.29, 1.82) is 0 Å². The second-order valence-corrected chi connectivity index (χ2v) is 6.70. The number of nitrogens with one attached hydrogen (secondary N) is 2. The van der Waals surface area contributed by atoms with Crippen LogP contribution in [0.2, 0.25) is 0 Å². The Balaban J connectivity index is 1.72. The minimum Gasteiger partial charge on any atom is -0.354 e. The van der Waals surface area contributed by atoms with Crippen LogP contribution < -0.4 is 10.6 Å². The number of aromatic nitrogens is 4. The lowest BCUT2D eigenvalue weighted by Crippen LogP contribution is -2.38. The lowest BCUT2D eigenvalue weighted by atomic mass is 10.2. The van der Waals surface area contributed by atoms with Gasteiger partial charge < -0.3 is 10.6 Å². The molecule has 0 saturated heterocycles. The molecule has 0 aliphatic rings. The first-order chi connectivity index (χ1) is 13.0. The fraction of sp³-hybridized carbons (Fsp3) is 0.316. The molecule has 1 aromatic carbocycles. The van der Waals surface area contributed by atoms with Crippen molar-refractivity contribution in [2.45, 2.75) is 20.8 Å². The van der Waals surface area contributed by atoms with E-state index in [1.165, 1.54) is 0 Å². The molecule has 2 amide bonds. The molecule has 8 nitrogen and oxygen atoms in total. The number of carbonyl (C=O) groups is 2. The summed E-state index contributed by atoms with van der Waals surface area (Å²) in [5.74, 6) is -0.311. The highest BCUT2D eigenvalue weighted by molar-refractivity contribution is 5.95. The molecule has 2 aromatic heterocycles. The van der Waals surface area contributed by atoms with Crippen molar-refractivity contribution >= 4 is 22.7 Å². The van der Waals surface area contributed by atoms with Crippen LogP contribution in [0.5, 0.6) is 0 Å². The van der Waals surface area contributed by atoms with E-state index >= 15 is 0 Å². The van der Waals surface area contributed by atoms with Gasteiger partial charge in [-0.15, -0.1) is 5.10 Å². The van der Waals surface area contributed by atoms with E-state index in [-0.39, 0.29) is 18.1 Å². The zero-order chi connectivity index (χ0) is 19.4. The quantitative estimate of drug-likeness (QED) is 0.690. The molecule has 0 atom stereocenters. The van der Waals surface area contributed by atoms with Gasteiger partial charge in [0.15, 0.2) is 5.69 Å². The molecular weight excluding hydrogens is 344 g/mol. The second kappa shape index (κ2) is 7.94. The molecule has 8 heteroatoms. The van der Waals surface area contributed by atoms with Gasteiger partial charge in [-0.25, -0.2) is 4.68 Å². The summed E-state index contributed by atoms with van der Waals surface area (Å²) in [6, 6.07) is 9.53. The van der Waals surface area contributed by atoms with E-state index < -0.39 is 5.91 Å². The Morgan fingerprint density at radius 2 is 2.00 bits per heavy atom. The van der Waals surface area contributed by atoms with Gasteiger partial charge in [0, 0.05) is 18.1 Å². The van der Waals surface area contributed by atoms with Crippen LogP contribution in [-0.4, -0.2) is 44.9 Å². The van der Waals surface area contributed by atoms with Crippen molar-refractivity contribution in [2.75, 3.05) is 13.1 Å². The molecular formula is C19H22N6O2. The van der Waals surface area contributed by atoms with Gasteiger partial charge >= 0.3 is 0 Å². The van der Waals surface area contributed by atoms with Crippen LogP contribution in [0.4, 0.5) is 0 Å². The molecule has 0 spiro atoms. The highest BCUT2D eigenvalue weighted by Gasteiger charge is 2.18. The number of hydrogen-bond acceptors (Lipinski definition) is 5. The highest BCUT2D eigenvalue weighted by Crippen LogP contribution is 2.18. The van der Waals surface area contributed by atoms with Crippen LogP contribution in [0.15, 0.2) is 36.5 Å². The summed E-state index contributed by atoms with van der Waals surface area (Å²) in [6.45, 7) is 6.24. The first kappa shape index (κ1) is 18.5. The van der Waals surface area contributed by atoms with Crippen molar-refractivity contribution in [3.05, 3.63) is 47.9 Å². The maximum Gasteiger partial charge on any atom is 0.274 e. The number of pyridine rings is 1. The minimum atomic E-state index is -0.430. The number of benzene rings is 1. The van der Waals surface area contributed by atoms with Crippen LogP contribution in [0.1, 0.15) is 30.0 Å². The average Bonchev–Trinajstić information content (AvgIpc) is 3.05. The highest BCUT2D eigenvalue weighted by atomic mass is 16.2. The molecule has 0 aliphatic carbocycles. The van der Waals surface area contributed by atoms with Gasteiger partial charge in [-0.1, -0.05) is 25.1 Å². The average molecular weight is 366 g/mol. The minimum absolute atomic E-state index is 0.0977. The number of fused-ring (bicyclic) bond motifs is 1. The lowest BCUT2D eigenvalue weighted by molar-refractivity contribution is -0.120. The van der Waals surface area contributed by atoms with E-state index in [0.717, 1.165) is 16.6 Å². The van der Waals surface area contributed by atoms with E-state index in [2.05, 4.69) is 25.9 Å². The third-order valence-corrected chi connectivity index (χ3v) is 4.06. The lowest BCUT2D eigenvalue weighted by Gasteiger charge is -2.08. The summed E-state index contributed by atoms with van der Waals surface area (Å²) >= 11 is 0. The van der Waals surface area contributed by atoms with Crippen molar-refractivity contribution in [3.63, 3.8) is 0 Å². The molecule has 0 unspecified atom stereocenters. The van der Waals surface area contributed by atoms with E-state index in [1.807, 2.05) is 44.2 Å². The van der Waals surface area contributed by atoms with Crippen LogP contribution >= 0.6 is 0 Å². The zero-order valence-electron chi connectivity index (χ0n) is 15.6. The van der Waals surface area contributed by atoms with Crippen molar-refractivity contribution in [3.8, 4) is 5.69 Å². The van der Waals surface area contributed by atoms with Gasteiger partial charge in [-0.2, -0.15) is 0 Å². The Morgan fingerprint density at radius 1 is 1.19 bits per heavy atom. The largest absolute Gasteiger partial charge is 0.354 e. The molecule has 0 fully saturated rings. The fourth-order valence-corrected chi connectivity index (χ4v) is 2.60. The number of rotatable bonds is 6. The zero-order valence-corrected chi connectivity index (χ0v) is 15.6. The molecule has 2 N–H and O–H groups in total. The summed E-state index contributed by atoms with van der Waals surface area (Å²) in [5.41, 5.74) is 2.45. The van der Waals surface area contributed by atoms with Crippen LogP contribution in [0.25, 0.3) is 16.6 Å². The number of carbonyl (C=O) groups excluding carboxylic acids is 2. The molecule has 140 valence electrons. The Bertz CT molecular complexity index is 979. The third-order valence-electron chi connectivity index (χ3n) is 4.06. The van der Waals surface area contributed by atoms with E-state index in [9.17, 15) is 9.59 Å². The SMILES string of the molecule is Cc1c(C(=O)NCC(=O)NCC(C)C)nnn1-c1ccc2ncccc2c1. The standard InChI is InChI=1S/C19H22N6O2/c1-12(2)10-21-17(26)11-22-19(27)18-13(3)25(24-23-18)15-6-7-16-14(9-15)5-4-8-20-16/h4-9,12H,10-11H2,1-3H3,(H,21,26)(H,22,27). The third kappa shape index (κ3) is 4.28. The summed E-state index contributed by atoms with van der Waals surface area (Å²) in [4.78, 5) is 28.4. The molecule has 3 rings (SSSR count). The summed E-state index contributed by atoms with van der Waals surface area (Å²) in [6.07, 6.45) is 1.74. The van der Waals surface area contributed by atoms with Gasteiger partial charge in [0.1, 0.15) is 0 Å². The van der Waals surface area contributed by atoms with E-state index in [0.29, 0.717) is 18.2 Å². The van der Waals surface area contributed by atoms with Gasteiger partial charge in [0.25, 0.3) is 5.91 Å². The molecule has 0 saturated carbocycles. The topological polar surface area (TPSA) is 102 Å². The van der Waals surface area contributed by atoms with Gasteiger partial charge in [-0.05, 0) is 37.1 Å². The van der Waals surface area contributed by atoms with E-state index in [4.69, 9.17) is 0 Å². The monoisotopic (exact) mass is 366 g/mol. The van der Waals surface area contributed by atoms with E-state index in [1.54, 1.807) is 17.8 Å². The number of amides is 2. The Labute approximate surface area is 157 Å². The van der Waals surface area contributed by atoms with Crippen LogP contribution in [0.3, 0.4) is 0 Å². The van der Waals surface area contributed by atoms with Gasteiger partial charge in [-0.3, -0.25) is 14.6 Å². The van der Waals surface area contributed by atoms with Crippen molar-refractivity contribution in [1.82, 2.24) is 30.6 Å². The predicted octanol–water partition coefficient (Wildman–Crippen LogP) is 1.63. The first-order valence-corrected chi connectivity index (χ1v) is 8.78. The maximum atomic E-state index is 12.3. The predicted molar refractivity (Wildman–Crippen MR) is 102 cm³/mol. The second-order valence-electron chi connectivity index (χ2n) is 6.70. The van der Waals surface area contributed by atoms with Gasteiger partial charge in [0.2, 0.25) is 5.91 Å². The smallest absolute Gasteiger partial charge is 0.274 e. The summed E-state index contributed by atoms with van der Waals surface area (Å²) in [7, 11) is 0. The summed E-state index contributed by atoms with van der Waals surface area (Å²) < 4.78 is 1.60. The van der Waals surface area contributed by atoms with Crippen molar-refractivity contribution < 1.29 is 9.59 Å². The van der Waals surface area contributed by atoms with Crippen LogP contribution in [0, 0.1) is 12.8 Å². The molecule has 27 heavy (non-hydrogen) atoms.